The van der Waals surface area contributed by atoms with Gasteiger partial charge in [0.25, 0.3) is 11.5 Å². The summed E-state index contributed by atoms with van der Waals surface area (Å²) in [5, 5.41) is 4.08. The second-order valence-electron chi connectivity index (χ2n) is 6.66. The fourth-order valence-corrected chi connectivity index (χ4v) is 3.39. The fourth-order valence-electron chi connectivity index (χ4n) is 3.39. The maximum atomic E-state index is 12.7. The van der Waals surface area contributed by atoms with E-state index in [1.54, 1.807) is 40.9 Å². The number of para-hydroxylation sites is 1. The lowest BCUT2D eigenvalue weighted by molar-refractivity contribution is 0.0948. The number of nitrogens with one attached hydrogen (secondary N) is 1. The summed E-state index contributed by atoms with van der Waals surface area (Å²) in [4.78, 5) is 29.7. The smallest absolute Gasteiger partial charge is 0.290 e. The third kappa shape index (κ3) is 3.14. The molecule has 146 valence electrons. The number of hydrogen-bond donors (Lipinski definition) is 1. The highest BCUT2D eigenvalue weighted by atomic mass is 16.2. The van der Waals surface area contributed by atoms with Crippen molar-refractivity contribution in [2.24, 2.45) is 12.1 Å². The van der Waals surface area contributed by atoms with Gasteiger partial charge in [-0.1, -0.05) is 24.3 Å². The van der Waals surface area contributed by atoms with Crippen LogP contribution in [0.15, 0.2) is 64.6 Å². The highest BCUT2D eigenvalue weighted by molar-refractivity contribution is 5.95. The molecular formula is C21H20N6O2. The van der Waals surface area contributed by atoms with E-state index in [0.29, 0.717) is 28.3 Å². The van der Waals surface area contributed by atoms with Crippen molar-refractivity contribution >= 4 is 17.8 Å². The van der Waals surface area contributed by atoms with Gasteiger partial charge in [-0.3, -0.25) is 18.7 Å². The predicted octanol–water partition coefficient (Wildman–Crippen LogP) is 2.20. The molecule has 1 aromatic carbocycles. The van der Waals surface area contributed by atoms with Crippen LogP contribution in [-0.2, 0) is 7.05 Å². The number of aryl methyl sites for hydroxylation is 1. The molecule has 0 radical (unpaired) electrons. The molecule has 0 fully saturated rings. The van der Waals surface area contributed by atoms with Gasteiger partial charge in [-0.05, 0) is 38.1 Å². The molecule has 8 nitrogen and oxygen atoms in total. The maximum absolute atomic E-state index is 12.7. The monoisotopic (exact) mass is 388 g/mol. The second kappa shape index (κ2) is 7.23. The largest absolute Gasteiger partial charge is 0.295 e. The number of carbonyl (C=O) groups is 1. The Bertz CT molecular complexity index is 1290. The number of benzene rings is 1. The number of rotatable bonds is 4. The zero-order valence-corrected chi connectivity index (χ0v) is 16.3. The summed E-state index contributed by atoms with van der Waals surface area (Å²) in [6.07, 6.45) is 3.26. The Balaban J connectivity index is 1.63. The first-order chi connectivity index (χ1) is 14.0. The normalized spacial score (nSPS) is 11.4. The third-order valence-electron chi connectivity index (χ3n) is 4.82. The van der Waals surface area contributed by atoms with E-state index in [-0.39, 0.29) is 11.5 Å². The highest BCUT2D eigenvalue weighted by Gasteiger charge is 2.17. The van der Waals surface area contributed by atoms with Gasteiger partial charge in [-0.2, -0.15) is 5.10 Å². The van der Waals surface area contributed by atoms with Crippen molar-refractivity contribution in [1.29, 1.82) is 0 Å². The number of hydrazone groups is 1. The lowest BCUT2D eigenvalue weighted by Crippen LogP contribution is -2.21. The molecule has 3 aromatic heterocycles. The van der Waals surface area contributed by atoms with Crippen molar-refractivity contribution in [2.45, 2.75) is 13.8 Å². The quantitative estimate of drug-likeness (QED) is 0.430. The molecule has 1 N–H and O–H groups in total. The summed E-state index contributed by atoms with van der Waals surface area (Å²) in [5.41, 5.74) is 6.03. The number of carbonyl (C=O) groups excluding carboxylic acids is 1. The summed E-state index contributed by atoms with van der Waals surface area (Å²) in [5.74, 6) is -0.373. The Labute approximate surface area is 166 Å². The van der Waals surface area contributed by atoms with Crippen LogP contribution >= 0.6 is 0 Å². The van der Waals surface area contributed by atoms with E-state index in [1.165, 1.54) is 6.21 Å². The van der Waals surface area contributed by atoms with Gasteiger partial charge in [0, 0.05) is 18.8 Å². The minimum atomic E-state index is -0.373. The molecular weight excluding hydrogens is 368 g/mol. The number of aromatic nitrogens is 4. The van der Waals surface area contributed by atoms with Gasteiger partial charge in [0.2, 0.25) is 0 Å². The highest BCUT2D eigenvalue weighted by Crippen LogP contribution is 2.12. The molecule has 3 heterocycles. The van der Waals surface area contributed by atoms with E-state index in [0.717, 1.165) is 5.69 Å². The first-order valence-corrected chi connectivity index (χ1v) is 9.10. The van der Waals surface area contributed by atoms with Crippen molar-refractivity contribution < 1.29 is 4.79 Å². The third-order valence-corrected chi connectivity index (χ3v) is 4.82. The van der Waals surface area contributed by atoms with Crippen LogP contribution in [0.25, 0.3) is 11.3 Å². The lowest BCUT2D eigenvalue weighted by atomic mass is 10.3. The molecule has 4 rings (SSSR count). The van der Waals surface area contributed by atoms with Gasteiger partial charge >= 0.3 is 0 Å². The Morgan fingerprint density at radius 1 is 1.10 bits per heavy atom. The number of hydrogen-bond acceptors (Lipinski definition) is 4. The Hall–Kier alpha value is -3.94. The summed E-state index contributed by atoms with van der Waals surface area (Å²) >= 11 is 0. The SMILES string of the molecule is Cc1nc2ccccn2c1C(=O)N/N=C\c1c(C)c(=O)n(-c2ccccc2)n1C. The molecule has 0 saturated heterocycles. The number of amides is 1. The van der Waals surface area contributed by atoms with E-state index >= 15 is 0 Å². The van der Waals surface area contributed by atoms with Crippen molar-refractivity contribution in [3.63, 3.8) is 0 Å². The Kier molecular flexibility index (Phi) is 4.59. The van der Waals surface area contributed by atoms with Crippen LogP contribution in [0.1, 0.15) is 27.4 Å². The van der Waals surface area contributed by atoms with Crippen LogP contribution < -0.4 is 11.0 Å². The standard InChI is InChI=1S/C21H20N6O2/c1-14-17(25(3)27(21(14)29)16-9-5-4-6-10-16)13-22-24-20(28)19-15(2)23-18-11-7-8-12-26(18)19/h4-13H,1-3H3,(H,24,28)/b22-13-. The van der Waals surface area contributed by atoms with Gasteiger partial charge in [0.05, 0.1) is 23.3 Å². The minimum absolute atomic E-state index is 0.135. The molecule has 0 unspecified atom stereocenters. The maximum Gasteiger partial charge on any atom is 0.290 e. The van der Waals surface area contributed by atoms with E-state index < -0.39 is 0 Å². The predicted molar refractivity (Wildman–Crippen MR) is 111 cm³/mol. The Morgan fingerprint density at radius 3 is 2.59 bits per heavy atom. The van der Waals surface area contributed by atoms with Crippen LogP contribution in [-0.4, -0.2) is 30.9 Å². The molecule has 0 spiro atoms. The average Bonchev–Trinajstić information content (AvgIpc) is 3.16. The lowest BCUT2D eigenvalue weighted by Gasteiger charge is -2.08. The van der Waals surface area contributed by atoms with Crippen LogP contribution in [0, 0.1) is 13.8 Å². The molecule has 0 bridgehead atoms. The van der Waals surface area contributed by atoms with Gasteiger partial charge in [-0.25, -0.2) is 15.1 Å². The summed E-state index contributed by atoms with van der Waals surface area (Å²) in [6.45, 7) is 3.51. The van der Waals surface area contributed by atoms with Crippen molar-refractivity contribution in [2.75, 3.05) is 0 Å². The van der Waals surface area contributed by atoms with E-state index in [1.807, 2.05) is 48.5 Å². The molecule has 0 saturated carbocycles. The van der Waals surface area contributed by atoms with Crippen molar-refractivity contribution in [1.82, 2.24) is 24.2 Å². The second-order valence-corrected chi connectivity index (χ2v) is 6.66. The molecule has 0 aliphatic rings. The molecule has 0 atom stereocenters. The summed E-state index contributed by atoms with van der Waals surface area (Å²) in [6, 6.07) is 14.9. The van der Waals surface area contributed by atoms with Crippen molar-refractivity contribution in [3.8, 4) is 5.69 Å². The van der Waals surface area contributed by atoms with E-state index in [4.69, 9.17) is 0 Å². The van der Waals surface area contributed by atoms with Crippen molar-refractivity contribution in [3.05, 3.63) is 87.7 Å². The Morgan fingerprint density at radius 2 is 1.83 bits per heavy atom. The van der Waals surface area contributed by atoms with Crippen LogP contribution in [0.2, 0.25) is 0 Å². The average molecular weight is 388 g/mol. The van der Waals surface area contributed by atoms with Crippen LogP contribution in [0.3, 0.4) is 0 Å². The van der Waals surface area contributed by atoms with Gasteiger partial charge in [-0.15, -0.1) is 0 Å². The number of nitrogens with zero attached hydrogens (tertiary/aromatic N) is 5. The fraction of sp³-hybridized carbons (Fsp3) is 0.143. The molecule has 0 aliphatic heterocycles. The topological polar surface area (TPSA) is 85.7 Å². The number of fused-ring (bicyclic) bond motifs is 1. The molecule has 1 amide bonds. The first kappa shape index (κ1) is 18.4. The molecule has 0 aliphatic carbocycles. The molecule has 4 aromatic rings. The van der Waals surface area contributed by atoms with Crippen LogP contribution in [0.4, 0.5) is 0 Å². The first-order valence-electron chi connectivity index (χ1n) is 9.10. The minimum Gasteiger partial charge on any atom is -0.295 e. The van der Waals surface area contributed by atoms with Gasteiger partial charge in [0.15, 0.2) is 0 Å². The molecule has 8 heteroatoms. The number of pyridine rings is 1. The van der Waals surface area contributed by atoms with Crippen LogP contribution in [0.5, 0.6) is 0 Å². The van der Waals surface area contributed by atoms with E-state index in [9.17, 15) is 9.59 Å². The summed E-state index contributed by atoms with van der Waals surface area (Å²) in [7, 11) is 1.78. The van der Waals surface area contributed by atoms with Gasteiger partial charge < -0.3 is 0 Å². The zero-order chi connectivity index (χ0) is 20.5. The summed E-state index contributed by atoms with van der Waals surface area (Å²) < 4.78 is 4.99. The zero-order valence-electron chi connectivity index (χ0n) is 16.3. The van der Waals surface area contributed by atoms with E-state index in [2.05, 4.69) is 15.5 Å². The van der Waals surface area contributed by atoms with Gasteiger partial charge in [0.1, 0.15) is 11.3 Å². The molecule has 29 heavy (non-hydrogen) atoms. The number of imidazole rings is 1.